The van der Waals surface area contributed by atoms with Gasteiger partial charge >= 0.3 is 0 Å². The number of halogens is 3. The fourth-order valence-electron chi connectivity index (χ4n) is 2.79. The zero-order chi connectivity index (χ0) is 19.2. The Balaban J connectivity index is 2.38. The molecule has 0 heterocycles. The van der Waals surface area contributed by atoms with E-state index in [0.29, 0.717) is 5.56 Å². The van der Waals surface area contributed by atoms with Crippen LogP contribution in [0.25, 0.3) is 0 Å². The minimum atomic E-state index is -3.18. The third kappa shape index (κ3) is 4.67. The van der Waals surface area contributed by atoms with Gasteiger partial charge in [-0.3, -0.25) is 4.79 Å². The molecule has 0 saturated heterocycles. The largest absolute Gasteiger partial charge is 0.354 e. The molecule has 2 rings (SSSR count). The lowest BCUT2D eigenvalue weighted by Crippen LogP contribution is -2.45. The average molecular weight is 421 g/mol. The molecule has 3 nitrogen and oxygen atoms in total. The topological polar surface area (TPSA) is 52.9 Å². The van der Waals surface area contributed by atoms with Gasteiger partial charge in [-0.15, -0.1) is 0 Å². The van der Waals surface area contributed by atoms with Crippen LogP contribution in [-0.4, -0.2) is 12.5 Å². The van der Waals surface area contributed by atoms with Crippen LogP contribution in [0.2, 0.25) is 0 Å². The van der Waals surface area contributed by atoms with Gasteiger partial charge < -0.3 is 5.32 Å². The fourth-order valence-corrected chi connectivity index (χ4v) is 3.05. The third-order valence-corrected chi connectivity index (χ3v) is 4.81. The minimum Gasteiger partial charge on any atom is -0.354 e. The second-order valence-corrected chi connectivity index (χ2v) is 7.17. The van der Waals surface area contributed by atoms with E-state index >= 15 is 0 Å². The Morgan fingerprint density at radius 1 is 1.12 bits per heavy atom. The number of nitrogens with one attached hydrogen (secondary N) is 1. The quantitative estimate of drug-likeness (QED) is 0.646. The van der Waals surface area contributed by atoms with Crippen molar-refractivity contribution in [2.24, 2.45) is 0 Å². The van der Waals surface area contributed by atoms with E-state index < -0.39 is 23.7 Å². The van der Waals surface area contributed by atoms with Crippen LogP contribution in [0.3, 0.4) is 0 Å². The van der Waals surface area contributed by atoms with Crippen LogP contribution in [-0.2, 0) is 16.1 Å². The number of rotatable bonds is 7. The van der Waals surface area contributed by atoms with Crippen LogP contribution < -0.4 is 5.32 Å². The highest BCUT2D eigenvalue weighted by atomic mass is 79.9. The average Bonchev–Trinajstić information content (AvgIpc) is 2.62. The van der Waals surface area contributed by atoms with Crippen LogP contribution in [0.15, 0.2) is 59.1 Å². The van der Waals surface area contributed by atoms with E-state index in [1.54, 1.807) is 42.5 Å². The number of nitrogens with zero attached hydrogens (tertiary/aromatic N) is 1. The molecule has 0 fully saturated rings. The monoisotopic (exact) mass is 420 g/mol. The van der Waals surface area contributed by atoms with E-state index in [-0.39, 0.29) is 18.5 Å². The van der Waals surface area contributed by atoms with E-state index in [9.17, 15) is 13.6 Å². The van der Waals surface area contributed by atoms with Gasteiger partial charge in [0.2, 0.25) is 5.91 Å². The molecule has 1 unspecified atom stereocenters. The molecule has 0 spiro atoms. The smallest absolute Gasteiger partial charge is 0.274 e. The maximum atomic E-state index is 14.9. The van der Waals surface area contributed by atoms with Crippen LogP contribution in [0.5, 0.6) is 0 Å². The number of benzene rings is 2. The lowest BCUT2D eigenvalue weighted by Gasteiger charge is -2.33. The molecular formula is C20H19BrF2N2O. The van der Waals surface area contributed by atoms with Gasteiger partial charge in [0.25, 0.3) is 5.92 Å². The molecule has 0 aliphatic rings. The van der Waals surface area contributed by atoms with Crippen molar-refractivity contribution < 1.29 is 13.6 Å². The first-order valence-corrected chi connectivity index (χ1v) is 8.93. The predicted molar refractivity (Wildman–Crippen MR) is 99.7 cm³/mol. The van der Waals surface area contributed by atoms with Crippen molar-refractivity contribution in [2.45, 2.75) is 31.1 Å². The summed E-state index contributed by atoms with van der Waals surface area (Å²) in [6.45, 7) is 1.63. The summed E-state index contributed by atoms with van der Waals surface area (Å²) in [6, 6.07) is 16.2. The van der Waals surface area contributed by atoms with E-state index in [1.807, 2.05) is 6.07 Å². The van der Waals surface area contributed by atoms with Gasteiger partial charge in [0.05, 0.1) is 17.9 Å². The minimum absolute atomic E-state index is 0.122. The normalized spacial score (nSPS) is 13.5. The Morgan fingerprint density at radius 3 is 2.31 bits per heavy atom. The van der Waals surface area contributed by atoms with E-state index in [2.05, 4.69) is 21.2 Å². The number of alkyl halides is 2. The number of nitriles is 1. The lowest BCUT2D eigenvalue weighted by atomic mass is 9.75. The van der Waals surface area contributed by atoms with Crippen molar-refractivity contribution in [2.75, 3.05) is 6.54 Å². The first kappa shape index (κ1) is 20.1. The highest BCUT2D eigenvalue weighted by Gasteiger charge is 2.46. The Labute approximate surface area is 160 Å². The van der Waals surface area contributed by atoms with Gasteiger partial charge in [-0.1, -0.05) is 58.4 Å². The second-order valence-electron chi connectivity index (χ2n) is 6.25. The highest BCUT2D eigenvalue weighted by molar-refractivity contribution is 9.10. The van der Waals surface area contributed by atoms with Gasteiger partial charge in [0.1, 0.15) is 0 Å². The van der Waals surface area contributed by atoms with Gasteiger partial charge in [-0.25, -0.2) is 8.78 Å². The molecule has 6 heteroatoms. The predicted octanol–water partition coefficient (Wildman–Crippen LogP) is 4.92. The highest BCUT2D eigenvalue weighted by Crippen LogP contribution is 2.42. The number of hydrogen-bond donors (Lipinski definition) is 1. The first-order chi connectivity index (χ1) is 12.3. The maximum absolute atomic E-state index is 14.9. The van der Waals surface area contributed by atoms with Crippen molar-refractivity contribution in [1.82, 2.24) is 5.32 Å². The summed E-state index contributed by atoms with van der Waals surface area (Å²) in [4.78, 5) is 12.8. The summed E-state index contributed by atoms with van der Waals surface area (Å²) in [6.07, 6.45) is -0.554. The summed E-state index contributed by atoms with van der Waals surface area (Å²) >= 11 is 3.31. The van der Waals surface area contributed by atoms with Crippen LogP contribution in [0.4, 0.5) is 8.78 Å². The molecule has 2 aromatic rings. The number of carbonyl (C=O) groups is 1. The Morgan fingerprint density at radius 2 is 1.73 bits per heavy atom. The molecule has 1 N–H and O–H groups in total. The first-order valence-electron chi connectivity index (χ1n) is 8.14. The number of carbonyl (C=O) groups excluding carboxylic acids is 1. The molecular weight excluding hydrogens is 402 g/mol. The van der Waals surface area contributed by atoms with Crippen molar-refractivity contribution in [1.29, 1.82) is 5.26 Å². The Hall–Kier alpha value is -2.26. The summed E-state index contributed by atoms with van der Waals surface area (Å²) in [5.41, 5.74) is -1.09. The van der Waals surface area contributed by atoms with Crippen molar-refractivity contribution in [3.05, 3.63) is 70.2 Å². The van der Waals surface area contributed by atoms with Crippen LogP contribution in [0.1, 0.15) is 30.9 Å². The molecule has 0 bridgehead atoms. The van der Waals surface area contributed by atoms with Crippen LogP contribution in [0, 0.1) is 11.3 Å². The number of amides is 1. The molecule has 0 radical (unpaired) electrons. The third-order valence-electron chi connectivity index (χ3n) is 4.28. The molecule has 0 saturated carbocycles. The zero-order valence-electron chi connectivity index (χ0n) is 14.3. The summed E-state index contributed by atoms with van der Waals surface area (Å²) in [5.74, 6) is -3.71. The van der Waals surface area contributed by atoms with Crippen molar-refractivity contribution in [3.8, 4) is 6.07 Å². The molecule has 0 aliphatic heterocycles. The Bertz CT molecular complexity index is 788. The van der Waals surface area contributed by atoms with Gasteiger partial charge in [-0.05, 0) is 24.6 Å². The van der Waals surface area contributed by atoms with E-state index in [4.69, 9.17) is 5.26 Å². The van der Waals surface area contributed by atoms with Gasteiger partial charge in [-0.2, -0.15) is 5.26 Å². The van der Waals surface area contributed by atoms with E-state index in [0.717, 1.165) is 4.47 Å². The molecule has 1 atom stereocenters. The summed E-state index contributed by atoms with van der Waals surface area (Å²) in [5, 5.41) is 11.2. The molecule has 26 heavy (non-hydrogen) atoms. The van der Waals surface area contributed by atoms with Gasteiger partial charge in [0.15, 0.2) is 0 Å². The molecule has 136 valence electrons. The summed E-state index contributed by atoms with van der Waals surface area (Å²) in [7, 11) is 0. The SMILES string of the molecule is CC(CC(F)(F)c1ccccc1)(C(=O)NCCC#N)c1ccc(Br)cc1. The molecule has 0 aromatic heterocycles. The fraction of sp³-hybridized carbons (Fsp3) is 0.300. The second kappa shape index (κ2) is 8.41. The van der Waals surface area contributed by atoms with Crippen LogP contribution >= 0.6 is 15.9 Å². The molecule has 2 aromatic carbocycles. The van der Waals surface area contributed by atoms with Crippen molar-refractivity contribution >= 4 is 21.8 Å². The molecule has 1 amide bonds. The van der Waals surface area contributed by atoms with E-state index in [1.165, 1.54) is 19.1 Å². The van der Waals surface area contributed by atoms with Crippen molar-refractivity contribution in [3.63, 3.8) is 0 Å². The number of hydrogen-bond acceptors (Lipinski definition) is 2. The standard InChI is InChI=1S/C20H19BrF2N2O/c1-19(18(26)25-13-5-12-24,15-8-10-17(21)11-9-15)14-20(22,23)16-6-3-2-4-7-16/h2-4,6-11H,5,13-14H2,1H3,(H,25,26). The lowest BCUT2D eigenvalue weighted by molar-refractivity contribution is -0.131. The maximum Gasteiger partial charge on any atom is 0.274 e. The zero-order valence-corrected chi connectivity index (χ0v) is 15.9. The summed E-state index contributed by atoms with van der Waals surface area (Å²) < 4.78 is 30.6. The van der Waals surface area contributed by atoms with Gasteiger partial charge in [0, 0.05) is 23.0 Å². The molecule has 0 aliphatic carbocycles. The Kier molecular flexibility index (Phi) is 6.49.